The Bertz CT molecular complexity index is 1220. The third kappa shape index (κ3) is 5.57. The van der Waals surface area contributed by atoms with Crippen molar-refractivity contribution in [3.05, 3.63) is 53.6 Å². The van der Waals surface area contributed by atoms with Gasteiger partial charge >= 0.3 is 18.2 Å². The Labute approximate surface area is 225 Å². The zero-order valence-corrected chi connectivity index (χ0v) is 21.6. The molecule has 3 fully saturated rings. The first-order chi connectivity index (χ1) is 18.5. The van der Waals surface area contributed by atoms with E-state index >= 15 is 0 Å². The fraction of sp³-hybridized carbons (Fsp3) is 0.517. The van der Waals surface area contributed by atoms with E-state index in [-0.39, 0.29) is 29.6 Å². The molecule has 10 heteroatoms. The third-order valence-corrected chi connectivity index (χ3v) is 8.68. The predicted molar refractivity (Wildman–Crippen MR) is 138 cm³/mol. The number of aliphatic carboxylic acids is 1. The molecule has 1 atom stereocenters. The smallest absolute Gasteiger partial charge is 0.416 e. The van der Waals surface area contributed by atoms with E-state index in [0.717, 1.165) is 50.7 Å². The lowest BCUT2D eigenvalue weighted by Crippen LogP contribution is -2.43. The molecule has 1 aliphatic heterocycles. The van der Waals surface area contributed by atoms with E-state index in [4.69, 9.17) is 4.74 Å². The van der Waals surface area contributed by atoms with E-state index in [9.17, 15) is 33.0 Å². The maximum atomic E-state index is 13.7. The van der Waals surface area contributed by atoms with Gasteiger partial charge in [0.25, 0.3) is 0 Å². The summed E-state index contributed by atoms with van der Waals surface area (Å²) in [5, 5.41) is 23.3. The lowest BCUT2D eigenvalue weighted by molar-refractivity contribution is -0.147. The van der Waals surface area contributed by atoms with Crippen LogP contribution in [0.15, 0.2) is 42.5 Å². The summed E-state index contributed by atoms with van der Waals surface area (Å²) >= 11 is 0. The van der Waals surface area contributed by atoms with Crippen LogP contribution < -0.4 is 10.1 Å². The molecule has 2 saturated carbocycles. The quantitative estimate of drug-likeness (QED) is 0.382. The number of aliphatic hydroxyl groups is 1. The largest absolute Gasteiger partial charge is 0.481 e. The Morgan fingerprint density at radius 3 is 2.23 bits per heavy atom. The maximum Gasteiger partial charge on any atom is 0.416 e. The van der Waals surface area contributed by atoms with Gasteiger partial charge in [0, 0.05) is 18.3 Å². The summed E-state index contributed by atoms with van der Waals surface area (Å²) in [4.78, 5) is 26.2. The van der Waals surface area contributed by atoms with Gasteiger partial charge < -0.3 is 25.2 Å². The highest BCUT2D eigenvalue weighted by Gasteiger charge is 2.46. The minimum Gasteiger partial charge on any atom is -0.481 e. The number of urea groups is 1. The van der Waals surface area contributed by atoms with Crippen LogP contribution in [0.4, 0.5) is 23.7 Å². The van der Waals surface area contributed by atoms with E-state index in [1.54, 1.807) is 12.1 Å². The highest BCUT2D eigenvalue weighted by atomic mass is 19.4. The summed E-state index contributed by atoms with van der Waals surface area (Å²) in [6.07, 6.45) is 2.74. The summed E-state index contributed by atoms with van der Waals surface area (Å²) in [6, 6.07) is 8.77. The number of ether oxygens (including phenoxy) is 1. The summed E-state index contributed by atoms with van der Waals surface area (Å²) in [6.45, 7) is 0.474. The number of β-amino-alcohol motifs (C(OH)–C–C–N with tert-alkyl or cyclic N) is 1. The molecular weight excluding hydrogens is 513 g/mol. The highest BCUT2D eigenvalue weighted by molar-refractivity contribution is 5.90. The van der Waals surface area contributed by atoms with Crippen LogP contribution in [0.5, 0.6) is 11.5 Å². The van der Waals surface area contributed by atoms with Crippen LogP contribution >= 0.6 is 0 Å². The van der Waals surface area contributed by atoms with Crippen molar-refractivity contribution < 1.29 is 37.7 Å². The van der Waals surface area contributed by atoms with Crippen molar-refractivity contribution in [2.24, 2.45) is 5.92 Å². The van der Waals surface area contributed by atoms with Crippen LogP contribution in [0.3, 0.4) is 0 Å². The van der Waals surface area contributed by atoms with Gasteiger partial charge in [-0.15, -0.1) is 0 Å². The van der Waals surface area contributed by atoms with Crippen molar-refractivity contribution in [1.29, 1.82) is 0 Å². The van der Waals surface area contributed by atoms with E-state index in [1.807, 2.05) is 0 Å². The van der Waals surface area contributed by atoms with Crippen molar-refractivity contribution in [2.75, 3.05) is 18.4 Å². The topological polar surface area (TPSA) is 99.1 Å². The third-order valence-electron chi connectivity index (χ3n) is 8.68. The summed E-state index contributed by atoms with van der Waals surface area (Å²) < 4.78 is 46.7. The molecule has 210 valence electrons. The lowest BCUT2D eigenvalue weighted by Gasteiger charge is -2.38. The van der Waals surface area contributed by atoms with Crippen molar-refractivity contribution in [3.8, 4) is 11.5 Å². The summed E-state index contributed by atoms with van der Waals surface area (Å²) in [5.41, 5.74) is -2.32. The molecule has 3 N–H and O–H groups in total. The molecular formula is C29H33F3N2O5. The number of carboxylic acid groups (broad SMARTS) is 1. The molecule has 7 nitrogen and oxygen atoms in total. The Kier molecular flexibility index (Phi) is 7.26. The van der Waals surface area contributed by atoms with E-state index in [0.29, 0.717) is 31.4 Å². The maximum absolute atomic E-state index is 13.7. The lowest BCUT2D eigenvalue weighted by atomic mass is 9.64. The Morgan fingerprint density at radius 1 is 0.949 bits per heavy atom. The monoisotopic (exact) mass is 546 g/mol. The van der Waals surface area contributed by atoms with Crippen LogP contribution in [-0.4, -0.2) is 45.8 Å². The first kappa shape index (κ1) is 27.3. The average Bonchev–Trinajstić information content (AvgIpc) is 3.28. The minimum atomic E-state index is -4.67. The average molecular weight is 547 g/mol. The van der Waals surface area contributed by atoms with Crippen molar-refractivity contribution in [2.45, 2.75) is 75.0 Å². The zero-order chi connectivity index (χ0) is 27.8. The molecule has 3 aliphatic rings. The number of benzene rings is 2. The normalized spacial score (nSPS) is 23.2. The fourth-order valence-electron chi connectivity index (χ4n) is 6.19. The SMILES string of the molecule is O=C(Nc1cc(Oc2ccc(C3(C(=O)O)CCC3)cc2)cc(C(F)(F)F)c1)N1CCC(O)(C2CCCCC2)C1. The molecule has 0 aromatic heterocycles. The summed E-state index contributed by atoms with van der Waals surface area (Å²) in [7, 11) is 0. The van der Waals surface area contributed by atoms with Gasteiger partial charge in [0.05, 0.1) is 23.1 Å². The number of likely N-dealkylation sites (tertiary alicyclic amines) is 1. The Morgan fingerprint density at radius 2 is 1.64 bits per heavy atom. The van der Waals surface area contributed by atoms with Gasteiger partial charge in [-0.3, -0.25) is 4.79 Å². The van der Waals surface area contributed by atoms with Gasteiger partial charge in [0.2, 0.25) is 0 Å². The first-order valence-electron chi connectivity index (χ1n) is 13.5. The molecule has 0 radical (unpaired) electrons. The highest BCUT2D eigenvalue weighted by Crippen LogP contribution is 2.45. The number of alkyl halides is 3. The Balaban J connectivity index is 1.30. The number of carbonyl (C=O) groups excluding carboxylic acids is 1. The number of rotatable bonds is 6. The molecule has 2 amide bonds. The van der Waals surface area contributed by atoms with Gasteiger partial charge in [0.1, 0.15) is 11.5 Å². The second-order valence-corrected chi connectivity index (χ2v) is 11.2. The van der Waals surface area contributed by atoms with E-state index < -0.39 is 34.8 Å². The number of anilines is 1. The van der Waals surface area contributed by atoms with Crippen molar-refractivity contribution in [1.82, 2.24) is 4.90 Å². The van der Waals surface area contributed by atoms with Crippen LogP contribution in [0.1, 0.15) is 68.9 Å². The molecule has 2 aromatic rings. The second kappa shape index (κ2) is 10.4. The van der Waals surface area contributed by atoms with E-state index in [1.165, 1.54) is 23.1 Å². The molecule has 39 heavy (non-hydrogen) atoms. The Hall–Kier alpha value is -3.27. The van der Waals surface area contributed by atoms with Crippen LogP contribution in [0.2, 0.25) is 0 Å². The molecule has 1 heterocycles. The van der Waals surface area contributed by atoms with Gasteiger partial charge in [-0.1, -0.05) is 37.8 Å². The first-order valence-corrected chi connectivity index (χ1v) is 13.5. The molecule has 2 aliphatic carbocycles. The van der Waals surface area contributed by atoms with Crippen LogP contribution in [0, 0.1) is 5.92 Å². The molecule has 5 rings (SSSR count). The van der Waals surface area contributed by atoms with Gasteiger partial charge in [0.15, 0.2) is 0 Å². The molecule has 0 bridgehead atoms. The zero-order valence-electron chi connectivity index (χ0n) is 21.6. The standard InChI is InChI=1S/C29H33F3N2O5/c30-29(31,32)21-15-22(33-26(37)34-14-13-28(38,18-34)20-5-2-1-3-6-20)17-24(16-21)39-23-9-7-19(8-10-23)27(25(35)36)11-4-12-27/h7-10,15-17,20,38H,1-6,11-14,18H2,(H,33,37)(H,35,36). The molecule has 2 aromatic carbocycles. The number of amides is 2. The van der Waals surface area contributed by atoms with Gasteiger partial charge in [-0.2, -0.15) is 13.2 Å². The molecule has 1 saturated heterocycles. The summed E-state index contributed by atoms with van der Waals surface area (Å²) in [5.74, 6) is -0.647. The van der Waals surface area contributed by atoms with Crippen molar-refractivity contribution >= 4 is 17.7 Å². The number of hydrogen-bond acceptors (Lipinski definition) is 4. The number of halogens is 3. The van der Waals surface area contributed by atoms with Gasteiger partial charge in [-0.25, -0.2) is 4.79 Å². The number of carbonyl (C=O) groups is 2. The number of nitrogens with one attached hydrogen (secondary N) is 1. The number of nitrogens with zero attached hydrogens (tertiary/aromatic N) is 1. The van der Waals surface area contributed by atoms with Gasteiger partial charge in [-0.05, 0) is 67.9 Å². The number of carboxylic acids is 1. The second-order valence-electron chi connectivity index (χ2n) is 11.2. The van der Waals surface area contributed by atoms with Crippen LogP contribution in [-0.2, 0) is 16.4 Å². The van der Waals surface area contributed by atoms with Crippen LogP contribution in [0.25, 0.3) is 0 Å². The predicted octanol–water partition coefficient (Wildman–Crippen LogP) is 6.55. The van der Waals surface area contributed by atoms with Crippen molar-refractivity contribution in [3.63, 3.8) is 0 Å². The van der Waals surface area contributed by atoms with E-state index in [2.05, 4.69) is 5.32 Å². The molecule has 1 unspecified atom stereocenters. The minimum absolute atomic E-state index is 0.0751. The fourth-order valence-corrected chi connectivity index (χ4v) is 6.19. The molecule has 0 spiro atoms. The number of hydrogen-bond donors (Lipinski definition) is 3.